The zero-order valence-electron chi connectivity index (χ0n) is 20.2. The molecule has 34 heavy (non-hydrogen) atoms. The van der Waals surface area contributed by atoms with Crippen LogP contribution in [0.4, 0.5) is 0 Å². The van der Waals surface area contributed by atoms with Crippen LogP contribution in [0.2, 0.25) is 0 Å². The molecule has 1 aliphatic heterocycles. The van der Waals surface area contributed by atoms with E-state index in [0.717, 1.165) is 62.3 Å². The molecule has 2 aliphatic rings. The first-order chi connectivity index (χ1) is 16.6. The number of carbonyl (C=O) groups is 1. The number of methoxy groups -OCH3 is 1. The zero-order chi connectivity index (χ0) is 23.7. The van der Waals surface area contributed by atoms with Crippen LogP contribution in [0.3, 0.4) is 0 Å². The summed E-state index contributed by atoms with van der Waals surface area (Å²) in [4.78, 5) is 27.4. The Bertz CT molecular complexity index is 1190. The second-order valence-corrected chi connectivity index (χ2v) is 8.97. The highest BCUT2D eigenvalue weighted by Gasteiger charge is 2.32. The third-order valence-corrected chi connectivity index (χ3v) is 7.14. The first-order valence-electron chi connectivity index (χ1n) is 12.2. The Morgan fingerprint density at radius 2 is 1.94 bits per heavy atom. The first kappa shape index (κ1) is 22.7. The lowest BCUT2D eigenvalue weighted by molar-refractivity contribution is 0.0772. The molecule has 3 aromatic rings. The highest BCUT2D eigenvalue weighted by atomic mass is 16.5. The fourth-order valence-electron chi connectivity index (χ4n) is 5.29. The number of fused-ring (bicyclic) bond motifs is 3. The number of rotatable bonds is 7. The molecule has 1 fully saturated rings. The van der Waals surface area contributed by atoms with Gasteiger partial charge in [0.25, 0.3) is 11.9 Å². The quantitative estimate of drug-likeness (QED) is 0.539. The Kier molecular flexibility index (Phi) is 6.43. The van der Waals surface area contributed by atoms with Crippen molar-refractivity contribution in [2.24, 2.45) is 0 Å². The number of aryl methyl sites for hydroxylation is 2. The van der Waals surface area contributed by atoms with E-state index in [1.165, 1.54) is 5.56 Å². The number of hydrogen-bond acceptors (Lipinski definition) is 6. The number of amides is 1. The molecular formula is C26H32N6O2. The molecular weight excluding hydrogens is 428 g/mol. The Hall–Kier alpha value is -3.10. The molecule has 2 aromatic heterocycles. The van der Waals surface area contributed by atoms with E-state index in [1.54, 1.807) is 18.0 Å². The number of ether oxygens (including phenoxy) is 1. The average molecular weight is 461 g/mol. The molecule has 0 bridgehead atoms. The van der Waals surface area contributed by atoms with Gasteiger partial charge in [-0.15, -0.1) is 0 Å². The van der Waals surface area contributed by atoms with E-state index in [1.807, 2.05) is 17.2 Å². The van der Waals surface area contributed by atoms with Crippen molar-refractivity contribution >= 4 is 5.91 Å². The van der Waals surface area contributed by atoms with Crippen LogP contribution in [0, 0.1) is 0 Å². The Morgan fingerprint density at radius 3 is 2.74 bits per heavy atom. The second-order valence-electron chi connectivity index (χ2n) is 8.97. The van der Waals surface area contributed by atoms with E-state index >= 15 is 0 Å². The van der Waals surface area contributed by atoms with Gasteiger partial charge >= 0.3 is 0 Å². The topological polar surface area (TPSA) is 76.4 Å². The van der Waals surface area contributed by atoms with Crippen LogP contribution in [0.25, 0.3) is 17.2 Å². The molecule has 0 saturated carbocycles. The number of carbonyl (C=O) groups excluding carboxylic acids is 1. The molecule has 3 heterocycles. The molecule has 1 atom stereocenters. The number of nitrogens with zero attached hydrogens (tertiary/aromatic N) is 6. The van der Waals surface area contributed by atoms with Crippen LogP contribution in [0.1, 0.15) is 47.4 Å². The van der Waals surface area contributed by atoms with Crippen LogP contribution in [-0.4, -0.2) is 74.8 Å². The number of hydrogen-bond donors (Lipinski definition) is 0. The molecule has 1 amide bonds. The van der Waals surface area contributed by atoms with Crippen LogP contribution in [-0.2, 0) is 24.2 Å². The summed E-state index contributed by atoms with van der Waals surface area (Å²) in [6, 6.07) is 8.78. The summed E-state index contributed by atoms with van der Waals surface area (Å²) in [6.07, 6.45) is 6.43. The monoisotopic (exact) mass is 460 g/mol. The first-order valence-corrected chi connectivity index (χ1v) is 12.2. The van der Waals surface area contributed by atoms with Crippen molar-refractivity contribution in [3.63, 3.8) is 0 Å². The van der Waals surface area contributed by atoms with Gasteiger partial charge in [-0.3, -0.25) is 9.69 Å². The van der Waals surface area contributed by atoms with E-state index < -0.39 is 0 Å². The molecule has 0 unspecified atom stereocenters. The maximum Gasteiger partial charge on any atom is 0.257 e. The molecule has 0 spiro atoms. The van der Waals surface area contributed by atoms with Gasteiger partial charge in [0, 0.05) is 38.0 Å². The van der Waals surface area contributed by atoms with Crippen molar-refractivity contribution < 1.29 is 9.53 Å². The van der Waals surface area contributed by atoms with E-state index in [0.29, 0.717) is 23.2 Å². The molecule has 8 heteroatoms. The third-order valence-electron chi connectivity index (χ3n) is 7.14. The van der Waals surface area contributed by atoms with Crippen LogP contribution >= 0.6 is 0 Å². The molecule has 1 aromatic carbocycles. The second kappa shape index (κ2) is 9.64. The normalized spacial score (nSPS) is 17.2. The van der Waals surface area contributed by atoms with Crippen molar-refractivity contribution in [1.29, 1.82) is 0 Å². The van der Waals surface area contributed by atoms with Crippen molar-refractivity contribution in [3.8, 4) is 17.2 Å². The molecule has 5 rings (SSSR count). The lowest BCUT2D eigenvalue weighted by Crippen LogP contribution is -2.38. The van der Waals surface area contributed by atoms with Gasteiger partial charge in [0.1, 0.15) is 0 Å². The minimum absolute atomic E-state index is 0.00346. The van der Waals surface area contributed by atoms with Gasteiger partial charge in [0.2, 0.25) is 0 Å². The fourth-order valence-corrected chi connectivity index (χ4v) is 5.29. The fraction of sp³-hybridized carbons (Fsp3) is 0.462. The third kappa shape index (κ3) is 4.01. The summed E-state index contributed by atoms with van der Waals surface area (Å²) in [7, 11) is 1.63. The molecule has 8 nitrogen and oxygen atoms in total. The molecule has 1 aliphatic carbocycles. The van der Waals surface area contributed by atoms with Gasteiger partial charge in [-0.05, 0) is 43.5 Å². The van der Waals surface area contributed by atoms with Crippen molar-refractivity contribution in [3.05, 3.63) is 59.0 Å². The summed E-state index contributed by atoms with van der Waals surface area (Å²) < 4.78 is 7.13. The highest BCUT2D eigenvalue weighted by Crippen LogP contribution is 2.32. The van der Waals surface area contributed by atoms with Gasteiger partial charge in [0.05, 0.1) is 29.8 Å². The zero-order valence-corrected chi connectivity index (χ0v) is 20.2. The van der Waals surface area contributed by atoms with Gasteiger partial charge in [-0.2, -0.15) is 9.78 Å². The molecule has 0 N–H and O–H groups in total. The van der Waals surface area contributed by atoms with Gasteiger partial charge in [-0.1, -0.05) is 38.1 Å². The Balaban J connectivity index is 1.46. The summed E-state index contributed by atoms with van der Waals surface area (Å²) in [5, 5.41) is 4.54. The lowest BCUT2D eigenvalue weighted by atomic mass is 9.90. The maximum absolute atomic E-state index is 13.5. The summed E-state index contributed by atoms with van der Waals surface area (Å²) in [5.74, 6) is 0.459. The molecule has 178 valence electrons. The average Bonchev–Trinajstić information content (AvgIpc) is 3.52. The summed E-state index contributed by atoms with van der Waals surface area (Å²) in [5.41, 5.74) is 5.76. The van der Waals surface area contributed by atoms with Gasteiger partial charge < -0.3 is 9.64 Å². The van der Waals surface area contributed by atoms with E-state index in [-0.39, 0.29) is 12.5 Å². The van der Waals surface area contributed by atoms with Crippen molar-refractivity contribution in [2.45, 2.75) is 45.8 Å². The number of aromatic nitrogens is 4. The van der Waals surface area contributed by atoms with Crippen LogP contribution in [0.15, 0.2) is 36.7 Å². The minimum Gasteiger partial charge on any atom is -0.378 e. The largest absolute Gasteiger partial charge is 0.378 e. The van der Waals surface area contributed by atoms with Gasteiger partial charge in [-0.25, -0.2) is 9.97 Å². The van der Waals surface area contributed by atoms with Gasteiger partial charge in [0.15, 0.2) is 0 Å². The standard InChI is InChI=1S/C26H32N6O2/c1-4-30(5-2)20-12-13-31(16-20)25(33)22-15-28-32(23(22)17-34-3)26-27-14-19-11-10-18-8-6-7-9-21(18)24(19)29-26/h6-9,14-15,20H,4-5,10-13,16-17H2,1-3H3/t20-/m1/s1. The maximum atomic E-state index is 13.5. The van der Waals surface area contributed by atoms with E-state index in [2.05, 4.69) is 47.0 Å². The van der Waals surface area contributed by atoms with Crippen molar-refractivity contribution in [1.82, 2.24) is 29.5 Å². The smallest absolute Gasteiger partial charge is 0.257 e. The van der Waals surface area contributed by atoms with Crippen LogP contribution in [0.5, 0.6) is 0 Å². The molecule has 1 saturated heterocycles. The van der Waals surface area contributed by atoms with Crippen molar-refractivity contribution in [2.75, 3.05) is 33.3 Å². The summed E-state index contributed by atoms with van der Waals surface area (Å²) >= 11 is 0. The van der Waals surface area contributed by atoms with Crippen LogP contribution < -0.4 is 0 Å². The number of likely N-dealkylation sites (N-methyl/N-ethyl adjacent to an activating group) is 1. The van der Waals surface area contributed by atoms with E-state index in [4.69, 9.17) is 9.72 Å². The predicted octanol–water partition coefficient (Wildman–Crippen LogP) is 3.13. The molecule has 0 radical (unpaired) electrons. The predicted molar refractivity (Wildman–Crippen MR) is 130 cm³/mol. The highest BCUT2D eigenvalue weighted by molar-refractivity contribution is 5.95. The SMILES string of the molecule is CCN(CC)[C@@H]1CCN(C(=O)c2cnn(-c3ncc4c(n3)-c3ccccc3CC4)c2COC)C1. The number of likely N-dealkylation sites (tertiary alicyclic amines) is 1. The minimum atomic E-state index is -0.00346. The lowest BCUT2D eigenvalue weighted by Gasteiger charge is -2.26. The number of benzene rings is 1. The Morgan fingerprint density at radius 1 is 1.15 bits per heavy atom. The Labute approximate surface area is 200 Å². The summed E-state index contributed by atoms with van der Waals surface area (Å²) in [6.45, 7) is 8.08. The van der Waals surface area contributed by atoms with E-state index in [9.17, 15) is 4.79 Å².